The zero-order valence-corrected chi connectivity index (χ0v) is 19.2. The molecular weight excluding hydrogens is 434 g/mol. The predicted molar refractivity (Wildman–Crippen MR) is 129 cm³/mol. The van der Waals surface area contributed by atoms with Gasteiger partial charge in [-0.05, 0) is 32.4 Å². The Morgan fingerprint density at radius 1 is 1.21 bits per heavy atom. The van der Waals surface area contributed by atoms with Crippen molar-refractivity contribution in [1.29, 1.82) is 0 Å². The van der Waals surface area contributed by atoms with E-state index >= 15 is 0 Å². The van der Waals surface area contributed by atoms with Gasteiger partial charge in [-0.1, -0.05) is 12.1 Å². The molecule has 0 fully saturated rings. The fourth-order valence-electron chi connectivity index (χ4n) is 4.38. The molecule has 34 heavy (non-hydrogen) atoms. The number of benzene rings is 1. The van der Waals surface area contributed by atoms with Crippen molar-refractivity contribution in [1.82, 2.24) is 29.5 Å². The number of H-pyrrole nitrogens is 1. The fourth-order valence-corrected chi connectivity index (χ4v) is 4.38. The number of aromatic amines is 1. The zero-order valence-electron chi connectivity index (χ0n) is 19.2. The third kappa shape index (κ3) is 3.00. The van der Waals surface area contributed by atoms with Crippen LogP contribution in [0.2, 0.25) is 0 Å². The van der Waals surface area contributed by atoms with Crippen LogP contribution < -0.4 is 21.1 Å². The maximum Gasteiger partial charge on any atom is 0.277 e. The van der Waals surface area contributed by atoms with Gasteiger partial charge in [0.1, 0.15) is 17.0 Å². The zero-order chi connectivity index (χ0) is 23.7. The van der Waals surface area contributed by atoms with Gasteiger partial charge in [0.2, 0.25) is 0 Å². The van der Waals surface area contributed by atoms with Gasteiger partial charge in [0.05, 0.1) is 28.8 Å². The number of carbonyl (C=O) groups excluding carboxylic acids is 1. The van der Waals surface area contributed by atoms with E-state index in [2.05, 4.69) is 42.6 Å². The van der Waals surface area contributed by atoms with Crippen LogP contribution in [0.15, 0.2) is 40.7 Å². The Hall–Kier alpha value is -4.41. The lowest BCUT2D eigenvalue weighted by Gasteiger charge is -2.34. The Bertz CT molecular complexity index is 1590. The average Bonchev–Trinajstić information content (AvgIpc) is 3.52. The molecule has 1 aliphatic heterocycles. The molecule has 0 unspecified atom stereocenters. The van der Waals surface area contributed by atoms with Gasteiger partial charge in [-0.15, -0.1) is 0 Å². The minimum absolute atomic E-state index is 0.00379. The van der Waals surface area contributed by atoms with Crippen molar-refractivity contribution in [3.63, 3.8) is 0 Å². The first-order valence-electron chi connectivity index (χ1n) is 11.0. The first kappa shape index (κ1) is 20.2. The number of nitrogens with zero attached hydrogens (tertiary/aromatic N) is 6. The summed E-state index contributed by atoms with van der Waals surface area (Å²) in [6, 6.07) is 7.56. The lowest BCUT2D eigenvalue weighted by molar-refractivity contribution is -0.112. The molecule has 0 spiro atoms. The van der Waals surface area contributed by atoms with Crippen molar-refractivity contribution in [2.24, 2.45) is 7.05 Å². The molecule has 1 aliphatic carbocycles. The van der Waals surface area contributed by atoms with Crippen molar-refractivity contribution in [3.05, 3.63) is 57.9 Å². The summed E-state index contributed by atoms with van der Waals surface area (Å²) in [7, 11) is 3.64. The molecule has 0 saturated heterocycles. The molecule has 0 saturated carbocycles. The molecule has 1 atom stereocenters. The summed E-state index contributed by atoms with van der Waals surface area (Å²) in [6.45, 7) is 3.95. The number of fused-ring (bicyclic) bond motifs is 4. The summed E-state index contributed by atoms with van der Waals surface area (Å²) in [5.74, 6) is 1.75. The minimum Gasteiger partial charge on any atom is -0.361 e. The summed E-state index contributed by atoms with van der Waals surface area (Å²) < 4.78 is 3.24. The van der Waals surface area contributed by atoms with E-state index in [1.54, 1.807) is 13.1 Å². The van der Waals surface area contributed by atoms with E-state index in [0.717, 1.165) is 28.5 Å². The number of nitrogens with one attached hydrogen (secondary N) is 3. The maximum absolute atomic E-state index is 12.9. The van der Waals surface area contributed by atoms with Crippen LogP contribution in [-0.2, 0) is 11.8 Å². The van der Waals surface area contributed by atoms with E-state index in [1.807, 2.05) is 42.9 Å². The summed E-state index contributed by atoms with van der Waals surface area (Å²) in [5, 5.41) is 14.2. The van der Waals surface area contributed by atoms with Gasteiger partial charge in [0.15, 0.2) is 11.5 Å². The Labute approximate surface area is 194 Å². The number of allylic oxidation sites excluding steroid dienone is 1. The largest absolute Gasteiger partial charge is 0.361 e. The van der Waals surface area contributed by atoms with Crippen molar-refractivity contribution >= 4 is 39.8 Å². The van der Waals surface area contributed by atoms with Crippen LogP contribution in [0, 0.1) is 6.92 Å². The van der Waals surface area contributed by atoms with Gasteiger partial charge in [-0.3, -0.25) is 19.4 Å². The van der Waals surface area contributed by atoms with E-state index < -0.39 is 0 Å². The monoisotopic (exact) mass is 457 g/mol. The lowest BCUT2D eigenvalue weighted by atomic mass is 10.1. The van der Waals surface area contributed by atoms with Crippen LogP contribution in [0.4, 0.5) is 22.9 Å². The van der Waals surface area contributed by atoms with Gasteiger partial charge >= 0.3 is 0 Å². The van der Waals surface area contributed by atoms with Crippen LogP contribution in [-0.4, -0.2) is 42.5 Å². The second-order valence-electron chi connectivity index (χ2n) is 8.66. The summed E-state index contributed by atoms with van der Waals surface area (Å²) >= 11 is 0. The Morgan fingerprint density at radius 3 is 2.76 bits per heavy atom. The molecule has 3 aromatic heterocycles. The Morgan fingerprint density at radius 2 is 2.00 bits per heavy atom. The fraction of sp³-hybridized carbons (Fsp3) is 0.261. The first-order valence-corrected chi connectivity index (χ1v) is 11.0. The molecule has 0 bridgehead atoms. The number of para-hydroxylation sites is 1. The van der Waals surface area contributed by atoms with Crippen LogP contribution in [0.1, 0.15) is 31.0 Å². The number of aromatic nitrogens is 6. The highest BCUT2D eigenvalue weighted by Crippen LogP contribution is 2.42. The summed E-state index contributed by atoms with van der Waals surface area (Å²) in [5.41, 5.74) is 4.06. The highest BCUT2D eigenvalue weighted by atomic mass is 16.2. The molecule has 172 valence electrons. The average molecular weight is 457 g/mol. The molecular formula is C23H23N9O2. The topological polar surface area (TPSA) is 126 Å². The smallest absolute Gasteiger partial charge is 0.277 e. The van der Waals surface area contributed by atoms with Gasteiger partial charge in [0.25, 0.3) is 11.5 Å². The second-order valence-corrected chi connectivity index (χ2v) is 8.66. The third-order valence-electron chi connectivity index (χ3n) is 6.31. The molecule has 4 aromatic rings. The van der Waals surface area contributed by atoms with Gasteiger partial charge < -0.3 is 15.5 Å². The van der Waals surface area contributed by atoms with Crippen LogP contribution in [0.25, 0.3) is 16.7 Å². The molecule has 3 N–H and O–H groups in total. The number of aryl methyl sites for hydroxylation is 2. The molecule has 11 nitrogen and oxygen atoms in total. The SMILES string of the molecule is Cc1nc2n(n1)-c1cccc(Nc3cc(NC(=O)C4=CC4)nc4[nH]n(C)c(=O)c34)c1N(C)[C@H]2C. The van der Waals surface area contributed by atoms with E-state index in [9.17, 15) is 9.59 Å². The van der Waals surface area contributed by atoms with Gasteiger partial charge in [0, 0.05) is 25.7 Å². The van der Waals surface area contributed by atoms with Gasteiger partial charge in [-0.25, -0.2) is 14.6 Å². The number of anilines is 4. The van der Waals surface area contributed by atoms with E-state index in [1.165, 1.54) is 4.68 Å². The van der Waals surface area contributed by atoms with Crippen LogP contribution >= 0.6 is 0 Å². The van der Waals surface area contributed by atoms with E-state index in [4.69, 9.17) is 0 Å². The van der Waals surface area contributed by atoms with Crippen molar-refractivity contribution in [2.75, 3.05) is 22.6 Å². The number of amides is 1. The van der Waals surface area contributed by atoms with Crippen molar-refractivity contribution in [3.8, 4) is 5.69 Å². The Balaban J connectivity index is 1.49. The minimum atomic E-state index is -0.214. The van der Waals surface area contributed by atoms with E-state index in [-0.39, 0.29) is 17.5 Å². The predicted octanol–water partition coefficient (Wildman–Crippen LogP) is 2.67. The molecule has 1 amide bonds. The van der Waals surface area contributed by atoms with Crippen LogP contribution in [0.5, 0.6) is 0 Å². The highest BCUT2D eigenvalue weighted by Gasteiger charge is 2.31. The number of rotatable bonds is 4. The highest BCUT2D eigenvalue weighted by molar-refractivity contribution is 6.07. The molecule has 11 heteroatoms. The number of hydrogen-bond donors (Lipinski definition) is 3. The van der Waals surface area contributed by atoms with Gasteiger partial charge in [-0.2, -0.15) is 5.10 Å². The molecule has 0 radical (unpaired) electrons. The first-order chi connectivity index (χ1) is 16.3. The maximum atomic E-state index is 12.9. The number of hydrogen-bond acceptors (Lipinski definition) is 7. The lowest BCUT2D eigenvalue weighted by Crippen LogP contribution is -2.31. The standard InChI is InChI=1S/C23H23N9O2/c1-11-21-24-12(2)28-32(21)16-7-5-6-14(19(16)30(11)3)25-15-10-17(27-22(33)13-8-9-13)26-20-18(15)23(34)31(4)29-20/h5-8,10-11H,9H2,1-4H3,(H3,25,26,27,29,33)/t11-/m0/s1. The van der Waals surface area contributed by atoms with Crippen molar-refractivity contribution in [2.45, 2.75) is 26.3 Å². The molecule has 4 heterocycles. The normalized spacial score (nSPS) is 16.2. The van der Waals surface area contributed by atoms with Crippen molar-refractivity contribution < 1.29 is 4.79 Å². The quantitative estimate of drug-likeness (QED) is 0.430. The molecule has 1 aromatic carbocycles. The van der Waals surface area contributed by atoms with E-state index in [0.29, 0.717) is 34.8 Å². The number of pyridine rings is 1. The third-order valence-corrected chi connectivity index (χ3v) is 6.31. The summed E-state index contributed by atoms with van der Waals surface area (Å²) in [4.78, 5) is 36.4. The molecule has 6 rings (SSSR count). The second kappa shape index (κ2) is 7.04. The van der Waals surface area contributed by atoms with Crippen LogP contribution in [0.3, 0.4) is 0 Å². The number of carbonyl (C=O) groups is 1. The summed E-state index contributed by atoms with van der Waals surface area (Å²) in [6.07, 6.45) is 2.54. The molecule has 2 aliphatic rings. The Kier molecular flexibility index (Phi) is 4.19.